The van der Waals surface area contributed by atoms with E-state index in [4.69, 9.17) is 15.0 Å². The second kappa shape index (κ2) is 6.19. The predicted octanol–water partition coefficient (Wildman–Crippen LogP) is 2.77. The van der Waals surface area contributed by atoms with E-state index in [0.29, 0.717) is 18.3 Å². The summed E-state index contributed by atoms with van der Waals surface area (Å²) in [6.45, 7) is 0.783. The van der Waals surface area contributed by atoms with Crippen LogP contribution in [-0.4, -0.2) is 10.1 Å². The zero-order valence-corrected chi connectivity index (χ0v) is 11.4. The first kappa shape index (κ1) is 13.3. The summed E-state index contributed by atoms with van der Waals surface area (Å²) >= 11 is 0. The highest BCUT2D eigenvalue weighted by Gasteiger charge is 2.07. The third-order valence-corrected chi connectivity index (χ3v) is 3.00. The van der Waals surface area contributed by atoms with Crippen LogP contribution in [0, 0.1) is 0 Å². The summed E-state index contributed by atoms with van der Waals surface area (Å²) < 4.78 is 10.7. The highest BCUT2D eigenvalue weighted by Crippen LogP contribution is 2.20. The van der Waals surface area contributed by atoms with Gasteiger partial charge in [0.1, 0.15) is 12.4 Å². The summed E-state index contributed by atoms with van der Waals surface area (Å²) in [5, 5.41) is 3.87. The molecule has 5 nitrogen and oxygen atoms in total. The molecular formula is C16H15N3O2. The molecule has 0 saturated carbocycles. The minimum atomic E-state index is 0.241. The van der Waals surface area contributed by atoms with E-state index in [2.05, 4.69) is 10.1 Å². The van der Waals surface area contributed by atoms with Crippen molar-refractivity contribution in [3.05, 3.63) is 66.1 Å². The fourth-order valence-electron chi connectivity index (χ4n) is 1.90. The first-order chi connectivity index (χ1) is 10.3. The van der Waals surface area contributed by atoms with Crippen LogP contribution in [0.5, 0.6) is 5.75 Å². The van der Waals surface area contributed by atoms with Crippen molar-refractivity contribution in [1.29, 1.82) is 0 Å². The molecule has 0 radical (unpaired) electrons. The fraction of sp³-hybridized carbons (Fsp3) is 0.125. The van der Waals surface area contributed by atoms with Crippen LogP contribution in [0.4, 0.5) is 0 Å². The standard InChI is InChI=1S/C16H15N3O2/c17-10-15-18-16(19-21-15)13-6-8-14(9-7-13)20-11-12-4-2-1-3-5-12/h1-9H,10-11,17H2. The third kappa shape index (κ3) is 3.27. The van der Waals surface area contributed by atoms with Gasteiger partial charge < -0.3 is 15.0 Å². The Morgan fingerprint density at radius 3 is 2.43 bits per heavy atom. The molecule has 0 aliphatic rings. The first-order valence-corrected chi connectivity index (χ1v) is 6.65. The van der Waals surface area contributed by atoms with Crippen LogP contribution in [0.25, 0.3) is 11.4 Å². The normalized spacial score (nSPS) is 10.5. The van der Waals surface area contributed by atoms with Gasteiger partial charge in [-0.05, 0) is 29.8 Å². The molecule has 0 aliphatic carbocycles. The molecule has 21 heavy (non-hydrogen) atoms. The Bertz CT molecular complexity index is 693. The zero-order chi connectivity index (χ0) is 14.5. The minimum absolute atomic E-state index is 0.241. The summed E-state index contributed by atoms with van der Waals surface area (Å²) in [6, 6.07) is 17.6. The molecule has 2 N–H and O–H groups in total. The van der Waals surface area contributed by atoms with Crippen molar-refractivity contribution in [3.63, 3.8) is 0 Å². The van der Waals surface area contributed by atoms with Gasteiger partial charge in [0.25, 0.3) is 0 Å². The maximum absolute atomic E-state index is 5.73. The Balaban J connectivity index is 1.66. The van der Waals surface area contributed by atoms with Crippen molar-refractivity contribution in [1.82, 2.24) is 10.1 Å². The zero-order valence-electron chi connectivity index (χ0n) is 11.4. The molecule has 0 amide bonds. The molecule has 0 atom stereocenters. The Morgan fingerprint density at radius 2 is 1.76 bits per heavy atom. The van der Waals surface area contributed by atoms with Crippen LogP contribution in [0.3, 0.4) is 0 Å². The predicted molar refractivity (Wildman–Crippen MR) is 78.4 cm³/mol. The van der Waals surface area contributed by atoms with Gasteiger partial charge in [0.2, 0.25) is 11.7 Å². The average molecular weight is 281 g/mol. The summed E-state index contributed by atoms with van der Waals surface area (Å²) in [7, 11) is 0. The van der Waals surface area contributed by atoms with Crippen molar-refractivity contribution in [2.45, 2.75) is 13.2 Å². The molecule has 5 heteroatoms. The van der Waals surface area contributed by atoms with Gasteiger partial charge in [-0.2, -0.15) is 4.98 Å². The van der Waals surface area contributed by atoms with Crippen LogP contribution < -0.4 is 10.5 Å². The molecule has 0 unspecified atom stereocenters. The smallest absolute Gasteiger partial charge is 0.240 e. The van der Waals surface area contributed by atoms with E-state index >= 15 is 0 Å². The number of ether oxygens (including phenoxy) is 1. The second-order valence-electron chi connectivity index (χ2n) is 4.51. The molecule has 106 valence electrons. The quantitative estimate of drug-likeness (QED) is 0.778. The fourth-order valence-corrected chi connectivity index (χ4v) is 1.90. The van der Waals surface area contributed by atoms with Gasteiger partial charge in [-0.25, -0.2) is 0 Å². The number of rotatable bonds is 5. The van der Waals surface area contributed by atoms with Gasteiger partial charge in [0.15, 0.2) is 0 Å². The molecule has 1 aromatic heterocycles. The van der Waals surface area contributed by atoms with Crippen LogP contribution in [0.2, 0.25) is 0 Å². The Morgan fingerprint density at radius 1 is 1.00 bits per heavy atom. The largest absolute Gasteiger partial charge is 0.489 e. The maximum atomic E-state index is 5.73. The van der Waals surface area contributed by atoms with Gasteiger partial charge in [-0.1, -0.05) is 35.5 Å². The lowest BCUT2D eigenvalue weighted by Crippen LogP contribution is -1.96. The number of benzene rings is 2. The molecular weight excluding hydrogens is 266 g/mol. The minimum Gasteiger partial charge on any atom is -0.489 e. The highest BCUT2D eigenvalue weighted by molar-refractivity contribution is 5.55. The van der Waals surface area contributed by atoms with Crippen molar-refractivity contribution >= 4 is 0 Å². The van der Waals surface area contributed by atoms with Gasteiger partial charge in [0.05, 0.1) is 6.54 Å². The van der Waals surface area contributed by atoms with Gasteiger partial charge in [-0.15, -0.1) is 0 Å². The molecule has 1 heterocycles. The highest BCUT2D eigenvalue weighted by atomic mass is 16.5. The Hall–Kier alpha value is -2.66. The monoisotopic (exact) mass is 281 g/mol. The molecule has 0 fully saturated rings. The molecule has 2 aromatic carbocycles. The van der Waals surface area contributed by atoms with Gasteiger partial charge in [0, 0.05) is 5.56 Å². The van der Waals surface area contributed by atoms with Crippen molar-refractivity contribution in [2.24, 2.45) is 5.73 Å². The van der Waals surface area contributed by atoms with Crippen molar-refractivity contribution in [2.75, 3.05) is 0 Å². The molecule has 0 saturated heterocycles. The van der Waals surface area contributed by atoms with Gasteiger partial charge in [-0.3, -0.25) is 0 Å². The number of nitrogens with two attached hydrogens (primary N) is 1. The van der Waals surface area contributed by atoms with Crippen LogP contribution in [0.15, 0.2) is 59.1 Å². The van der Waals surface area contributed by atoms with Crippen molar-refractivity contribution in [3.8, 4) is 17.1 Å². The van der Waals surface area contributed by atoms with Gasteiger partial charge >= 0.3 is 0 Å². The summed E-state index contributed by atoms with van der Waals surface area (Å²) in [6.07, 6.45) is 0. The topological polar surface area (TPSA) is 74.2 Å². The lowest BCUT2D eigenvalue weighted by Gasteiger charge is -2.06. The SMILES string of the molecule is NCc1nc(-c2ccc(OCc3ccccc3)cc2)no1. The van der Waals surface area contributed by atoms with E-state index in [-0.39, 0.29) is 6.54 Å². The molecule has 3 rings (SSSR count). The molecule has 3 aromatic rings. The number of hydrogen-bond donors (Lipinski definition) is 1. The average Bonchev–Trinajstić information content (AvgIpc) is 3.03. The molecule has 0 bridgehead atoms. The van der Waals surface area contributed by atoms with Crippen LogP contribution in [0.1, 0.15) is 11.5 Å². The number of aromatic nitrogens is 2. The van der Waals surface area contributed by atoms with Crippen LogP contribution in [-0.2, 0) is 13.2 Å². The Labute approximate surface area is 122 Å². The maximum Gasteiger partial charge on any atom is 0.240 e. The second-order valence-corrected chi connectivity index (χ2v) is 4.51. The molecule has 0 aliphatic heterocycles. The van der Waals surface area contributed by atoms with E-state index in [0.717, 1.165) is 16.9 Å². The van der Waals surface area contributed by atoms with E-state index < -0.39 is 0 Å². The Kier molecular flexibility index (Phi) is 3.93. The summed E-state index contributed by atoms with van der Waals surface area (Å²) in [5.41, 5.74) is 7.44. The van der Waals surface area contributed by atoms with Crippen LogP contribution >= 0.6 is 0 Å². The van der Waals surface area contributed by atoms with E-state index in [1.54, 1.807) is 0 Å². The number of nitrogens with zero attached hydrogens (tertiary/aromatic N) is 2. The molecule has 0 spiro atoms. The van der Waals surface area contributed by atoms with E-state index in [9.17, 15) is 0 Å². The first-order valence-electron chi connectivity index (χ1n) is 6.65. The summed E-state index contributed by atoms with van der Waals surface area (Å²) in [4.78, 5) is 4.18. The third-order valence-electron chi connectivity index (χ3n) is 3.00. The lowest BCUT2D eigenvalue weighted by molar-refractivity contribution is 0.306. The van der Waals surface area contributed by atoms with E-state index in [1.165, 1.54) is 0 Å². The summed E-state index contributed by atoms with van der Waals surface area (Å²) in [5.74, 6) is 1.75. The van der Waals surface area contributed by atoms with Crippen molar-refractivity contribution < 1.29 is 9.26 Å². The number of hydrogen-bond acceptors (Lipinski definition) is 5. The lowest BCUT2D eigenvalue weighted by atomic mass is 10.2. The van der Waals surface area contributed by atoms with E-state index in [1.807, 2.05) is 54.6 Å².